The van der Waals surface area contributed by atoms with Crippen LogP contribution in [-0.2, 0) is 6.54 Å². The van der Waals surface area contributed by atoms with Crippen LogP contribution in [0.1, 0.15) is 16.7 Å². The van der Waals surface area contributed by atoms with Gasteiger partial charge in [0.15, 0.2) is 0 Å². The van der Waals surface area contributed by atoms with Crippen LogP contribution in [0.15, 0.2) is 18.2 Å². The largest absolute Gasteiger partial charge is 0.390 e. The monoisotopic (exact) mass is 263 g/mol. The second-order valence-corrected chi connectivity index (χ2v) is 5.08. The van der Waals surface area contributed by atoms with Gasteiger partial charge in [0.05, 0.1) is 12.1 Å². The zero-order valence-corrected chi connectivity index (χ0v) is 11.4. The Morgan fingerprint density at radius 1 is 1.37 bits per heavy atom. The van der Waals surface area contributed by atoms with Crippen molar-refractivity contribution >= 4 is 6.03 Å². The molecule has 4 N–H and O–H groups in total. The Balaban J connectivity index is 1.81. The van der Waals surface area contributed by atoms with Gasteiger partial charge >= 0.3 is 6.03 Å². The number of hydrogen-bond acceptors (Lipinski definition) is 3. The minimum atomic E-state index is -0.507. The minimum absolute atomic E-state index is 0.209. The SMILES string of the molecule is Cc1ccc(CNC(=O)N[C@@H]2CNC[C@H]2O)cc1C. The number of aryl methyl sites for hydroxylation is 2. The molecule has 0 bridgehead atoms. The normalized spacial score (nSPS) is 22.3. The van der Waals surface area contributed by atoms with Gasteiger partial charge in [0.25, 0.3) is 0 Å². The van der Waals surface area contributed by atoms with Crippen molar-refractivity contribution in [3.8, 4) is 0 Å². The molecule has 5 nitrogen and oxygen atoms in total. The minimum Gasteiger partial charge on any atom is -0.390 e. The molecule has 19 heavy (non-hydrogen) atoms. The molecule has 104 valence electrons. The van der Waals surface area contributed by atoms with E-state index in [-0.39, 0.29) is 12.1 Å². The zero-order valence-electron chi connectivity index (χ0n) is 11.4. The van der Waals surface area contributed by atoms with E-state index in [9.17, 15) is 9.90 Å². The van der Waals surface area contributed by atoms with Gasteiger partial charge in [-0.25, -0.2) is 4.79 Å². The Labute approximate surface area is 113 Å². The number of amides is 2. The van der Waals surface area contributed by atoms with Crippen molar-refractivity contribution in [2.75, 3.05) is 13.1 Å². The summed E-state index contributed by atoms with van der Waals surface area (Å²) in [5, 5.41) is 18.2. The fraction of sp³-hybridized carbons (Fsp3) is 0.500. The first-order chi connectivity index (χ1) is 9.06. The summed E-state index contributed by atoms with van der Waals surface area (Å²) in [6, 6.07) is 5.68. The maximum atomic E-state index is 11.7. The van der Waals surface area contributed by atoms with E-state index in [1.165, 1.54) is 11.1 Å². The van der Waals surface area contributed by atoms with Crippen LogP contribution in [-0.4, -0.2) is 36.4 Å². The van der Waals surface area contributed by atoms with Crippen molar-refractivity contribution in [3.63, 3.8) is 0 Å². The van der Waals surface area contributed by atoms with Crippen molar-refractivity contribution in [1.82, 2.24) is 16.0 Å². The lowest BCUT2D eigenvalue weighted by Crippen LogP contribution is -2.47. The molecule has 0 aliphatic carbocycles. The number of carbonyl (C=O) groups is 1. The maximum Gasteiger partial charge on any atom is 0.315 e. The van der Waals surface area contributed by atoms with Crippen LogP contribution >= 0.6 is 0 Å². The smallest absolute Gasteiger partial charge is 0.315 e. The third-order valence-electron chi connectivity index (χ3n) is 3.52. The van der Waals surface area contributed by atoms with E-state index in [1.807, 2.05) is 6.07 Å². The number of hydrogen-bond donors (Lipinski definition) is 4. The summed E-state index contributed by atoms with van der Waals surface area (Å²) in [5.41, 5.74) is 3.53. The Bertz CT molecular complexity index is 462. The number of benzene rings is 1. The molecule has 0 aromatic heterocycles. The van der Waals surface area contributed by atoms with E-state index in [4.69, 9.17) is 0 Å². The average Bonchev–Trinajstić information content (AvgIpc) is 2.77. The van der Waals surface area contributed by atoms with Crippen LogP contribution in [0.3, 0.4) is 0 Å². The number of aliphatic hydroxyl groups excluding tert-OH is 1. The number of β-amino-alcohol motifs (C(OH)–C–C–N with tert-alkyl or cyclic N) is 1. The Morgan fingerprint density at radius 2 is 2.16 bits per heavy atom. The first kappa shape index (κ1) is 13.8. The molecule has 1 fully saturated rings. The fourth-order valence-electron chi connectivity index (χ4n) is 2.13. The Kier molecular flexibility index (Phi) is 4.39. The van der Waals surface area contributed by atoms with E-state index >= 15 is 0 Å². The lowest BCUT2D eigenvalue weighted by molar-refractivity contribution is 0.162. The molecular formula is C14H21N3O2. The van der Waals surface area contributed by atoms with E-state index in [1.54, 1.807) is 0 Å². The van der Waals surface area contributed by atoms with Crippen molar-refractivity contribution in [1.29, 1.82) is 0 Å². The van der Waals surface area contributed by atoms with Crippen molar-refractivity contribution < 1.29 is 9.90 Å². The third kappa shape index (κ3) is 3.68. The van der Waals surface area contributed by atoms with E-state index < -0.39 is 6.10 Å². The summed E-state index contributed by atoms with van der Waals surface area (Å²) in [7, 11) is 0. The number of aliphatic hydroxyl groups is 1. The van der Waals surface area contributed by atoms with Crippen LogP contribution in [0.5, 0.6) is 0 Å². The quantitative estimate of drug-likeness (QED) is 0.639. The van der Waals surface area contributed by atoms with Gasteiger partial charge in [-0.3, -0.25) is 0 Å². The summed E-state index contributed by atoms with van der Waals surface area (Å²) in [6.07, 6.45) is -0.507. The molecule has 0 saturated carbocycles. The second kappa shape index (κ2) is 6.04. The van der Waals surface area contributed by atoms with Crippen LogP contribution in [0, 0.1) is 13.8 Å². The van der Waals surface area contributed by atoms with Crippen LogP contribution in [0.4, 0.5) is 4.79 Å². The predicted molar refractivity (Wildman–Crippen MR) is 74.0 cm³/mol. The van der Waals surface area contributed by atoms with Crippen LogP contribution in [0.25, 0.3) is 0 Å². The number of urea groups is 1. The summed E-state index contributed by atoms with van der Waals surface area (Å²) in [4.78, 5) is 11.7. The Morgan fingerprint density at radius 3 is 2.79 bits per heavy atom. The van der Waals surface area contributed by atoms with Crippen molar-refractivity contribution in [2.45, 2.75) is 32.5 Å². The molecule has 2 rings (SSSR count). The van der Waals surface area contributed by atoms with Gasteiger partial charge in [-0.15, -0.1) is 0 Å². The summed E-state index contributed by atoms with van der Waals surface area (Å²) >= 11 is 0. The predicted octanol–water partition coefficient (Wildman–Crippen LogP) is 0.435. The van der Waals surface area contributed by atoms with Crippen LogP contribution in [0.2, 0.25) is 0 Å². The number of nitrogens with one attached hydrogen (secondary N) is 3. The summed E-state index contributed by atoms with van der Waals surface area (Å²) in [5.74, 6) is 0. The van der Waals surface area contributed by atoms with Crippen molar-refractivity contribution in [3.05, 3.63) is 34.9 Å². The molecule has 1 aromatic carbocycles. The first-order valence-electron chi connectivity index (χ1n) is 6.55. The molecule has 0 spiro atoms. The summed E-state index contributed by atoms with van der Waals surface area (Å²) < 4.78 is 0. The lowest BCUT2D eigenvalue weighted by atomic mass is 10.1. The van der Waals surface area contributed by atoms with Gasteiger partial charge in [0, 0.05) is 19.6 Å². The molecule has 1 aromatic rings. The topological polar surface area (TPSA) is 73.4 Å². The molecule has 1 aliphatic heterocycles. The molecule has 0 unspecified atom stereocenters. The van der Waals surface area contributed by atoms with Gasteiger partial charge < -0.3 is 21.1 Å². The van der Waals surface area contributed by atoms with Crippen LogP contribution < -0.4 is 16.0 Å². The zero-order chi connectivity index (χ0) is 13.8. The lowest BCUT2D eigenvalue weighted by Gasteiger charge is -2.16. The van der Waals surface area contributed by atoms with Crippen molar-refractivity contribution in [2.24, 2.45) is 0 Å². The van der Waals surface area contributed by atoms with Gasteiger partial charge in [-0.2, -0.15) is 0 Å². The van der Waals surface area contributed by atoms with E-state index in [0.29, 0.717) is 19.6 Å². The highest BCUT2D eigenvalue weighted by molar-refractivity contribution is 5.74. The second-order valence-electron chi connectivity index (χ2n) is 5.08. The van der Waals surface area contributed by atoms with Gasteiger partial charge in [-0.1, -0.05) is 18.2 Å². The highest BCUT2D eigenvalue weighted by Crippen LogP contribution is 2.09. The standard InChI is InChI=1S/C14H21N3O2/c1-9-3-4-11(5-10(9)2)6-16-14(19)17-12-7-15-8-13(12)18/h3-5,12-13,15,18H,6-8H2,1-2H3,(H2,16,17,19)/t12-,13-/m1/s1. The van der Waals surface area contributed by atoms with Gasteiger partial charge in [0.2, 0.25) is 0 Å². The molecule has 2 amide bonds. The number of carbonyl (C=O) groups excluding carboxylic acids is 1. The Hall–Kier alpha value is -1.59. The molecule has 0 radical (unpaired) electrons. The maximum absolute atomic E-state index is 11.7. The van der Waals surface area contributed by atoms with Gasteiger partial charge in [0.1, 0.15) is 0 Å². The highest BCUT2D eigenvalue weighted by atomic mass is 16.3. The average molecular weight is 263 g/mol. The third-order valence-corrected chi connectivity index (χ3v) is 3.52. The molecule has 1 aliphatic rings. The first-order valence-corrected chi connectivity index (χ1v) is 6.55. The number of rotatable bonds is 3. The fourth-order valence-corrected chi connectivity index (χ4v) is 2.13. The molecule has 2 atom stereocenters. The van der Waals surface area contributed by atoms with E-state index in [0.717, 1.165) is 5.56 Å². The van der Waals surface area contributed by atoms with E-state index in [2.05, 4.69) is 41.9 Å². The van der Waals surface area contributed by atoms with Gasteiger partial charge in [-0.05, 0) is 30.5 Å². The summed E-state index contributed by atoms with van der Waals surface area (Å²) in [6.45, 7) is 5.75. The molecule has 1 heterocycles. The molecular weight excluding hydrogens is 242 g/mol. The molecule has 1 saturated heterocycles. The highest BCUT2D eigenvalue weighted by Gasteiger charge is 2.25. The molecule has 5 heteroatoms.